The third kappa shape index (κ3) is 1.82. The van der Waals surface area contributed by atoms with Gasteiger partial charge in [0.1, 0.15) is 0 Å². The summed E-state index contributed by atoms with van der Waals surface area (Å²) < 4.78 is 0. The fourth-order valence-electron chi connectivity index (χ4n) is 0.219. The number of hydrogen-bond donors (Lipinski definition) is 1. The monoisotopic (exact) mass is 95.1 g/mol. The summed E-state index contributed by atoms with van der Waals surface area (Å²) in [5.41, 5.74) is 5.95. The zero-order chi connectivity index (χ0) is 5.70. The van der Waals surface area contributed by atoms with Gasteiger partial charge in [-0.15, -0.1) is 0 Å². The van der Waals surface area contributed by atoms with Gasteiger partial charge in [-0.05, 0) is 5.57 Å². The second kappa shape index (κ2) is 3.22. The second-order valence-electron chi connectivity index (χ2n) is 1.07. The van der Waals surface area contributed by atoms with E-state index < -0.39 is 0 Å². The summed E-state index contributed by atoms with van der Waals surface area (Å²) in [6.07, 6.45) is 4.75. The van der Waals surface area contributed by atoms with E-state index in [-0.39, 0.29) is 0 Å². The molecule has 1 heteroatoms. The molecule has 0 aromatic heterocycles. The summed E-state index contributed by atoms with van der Waals surface area (Å²) in [6, 6.07) is 0. The normalized spacial score (nSPS) is 6.86. The number of rotatable bonds is 2. The maximum Gasteiger partial charge on any atom is 0.00110 e. The van der Waals surface area contributed by atoms with Crippen molar-refractivity contribution in [2.24, 2.45) is 5.73 Å². The van der Waals surface area contributed by atoms with Gasteiger partial charge in [-0.2, -0.15) is 0 Å². The van der Waals surface area contributed by atoms with Crippen LogP contribution in [0.25, 0.3) is 0 Å². The van der Waals surface area contributed by atoms with Gasteiger partial charge in [0, 0.05) is 6.20 Å². The van der Waals surface area contributed by atoms with Crippen molar-refractivity contribution < 1.29 is 0 Å². The Morgan fingerprint density at radius 1 is 1.29 bits per heavy atom. The van der Waals surface area contributed by atoms with Crippen LogP contribution in [0.4, 0.5) is 0 Å². The highest BCUT2D eigenvalue weighted by molar-refractivity contribution is 5.25. The molecule has 0 saturated heterocycles. The fourth-order valence-corrected chi connectivity index (χ4v) is 0.219. The van der Waals surface area contributed by atoms with Crippen molar-refractivity contribution in [2.75, 3.05) is 0 Å². The molecule has 0 aliphatic rings. The number of allylic oxidation sites excluding steroid dienone is 3. The van der Waals surface area contributed by atoms with Gasteiger partial charge in [-0.25, -0.2) is 0 Å². The molecule has 0 aromatic rings. The summed E-state index contributed by atoms with van der Waals surface area (Å²) in [4.78, 5) is 0. The van der Waals surface area contributed by atoms with E-state index in [1.165, 1.54) is 6.20 Å². The second-order valence-corrected chi connectivity index (χ2v) is 1.07. The third-order valence-corrected chi connectivity index (χ3v) is 0.664. The quantitative estimate of drug-likeness (QED) is 0.512. The first-order chi connectivity index (χ1) is 3.35. The average Bonchev–Trinajstić information content (AvgIpc) is 1.72. The smallest absolute Gasteiger partial charge is 0.00110 e. The van der Waals surface area contributed by atoms with Crippen LogP contribution >= 0.6 is 0 Å². The van der Waals surface area contributed by atoms with E-state index >= 15 is 0 Å². The number of hydrogen-bond acceptors (Lipinski definition) is 1. The van der Waals surface area contributed by atoms with E-state index in [1.54, 1.807) is 12.2 Å². The molecule has 0 amide bonds. The Balaban J connectivity index is 3.85. The Hall–Kier alpha value is -0.980. The summed E-state index contributed by atoms with van der Waals surface area (Å²) >= 11 is 0. The predicted octanol–water partition coefficient (Wildman–Crippen LogP) is 1.20. The molecule has 0 aliphatic carbocycles. The maximum absolute atomic E-state index is 5.09. The van der Waals surface area contributed by atoms with Crippen molar-refractivity contribution in [2.45, 2.75) is 0 Å². The molecule has 0 fully saturated rings. The van der Waals surface area contributed by atoms with Crippen LogP contribution in [0.2, 0.25) is 0 Å². The van der Waals surface area contributed by atoms with E-state index in [0.29, 0.717) is 0 Å². The van der Waals surface area contributed by atoms with Crippen molar-refractivity contribution in [3.05, 3.63) is 37.1 Å². The summed E-state index contributed by atoms with van der Waals surface area (Å²) in [5, 5.41) is 0. The molecule has 0 aliphatic heterocycles. The van der Waals surface area contributed by atoms with Gasteiger partial charge in [-0.1, -0.05) is 25.3 Å². The third-order valence-electron chi connectivity index (χ3n) is 0.664. The molecule has 0 atom stereocenters. The van der Waals surface area contributed by atoms with Gasteiger partial charge >= 0.3 is 0 Å². The summed E-state index contributed by atoms with van der Waals surface area (Å²) in [5.74, 6) is 0. The molecule has 0 aromatic carbocycles. The van der Waals surface area contributed by atoms with Crippen LogP contribution in [0.5, 0.6) is 0 Å². The van der Waals surface area contributed by atoms with Gasteiger partial charge in [0.05, 0.1) is 0 Å². The van der Waals surface area contributed by atoms with E-state index in [2.05, 4.69) is 13.2 Å². The molecular weight excluding hydrogens is 86.1 g/mol. The Morgan fingerprint density at radius 2 is 1.71 bits per heavy atom. The van der Waals surface area contributed by atoms with Crippen molar-refractivity contribution in [1.29, 1.82) is 0 Å². The van der Waals surface area contributed by atoms with Crippen LogP contribution in [0.15, 0.2) is 37.1 Å². The van der Waals surface area contributed by atoms with E-state index in [9.17, 15) is 0 Å². The maximum atomic E-state index is 5.09. The first-order valence-corrected chi connectivity index (χ1v) is 2.02. The molecule has 0 saturated carbocycles. The van der Waals surface area contributed by atoms with E-state index in [0.717, 1.165) is 5.57 Å². The highest BCUT2D eigenvalue weighted by atomic mass is 14.5. The lowest BCUT2D eigenvalue weighted by molar-refractivity contribution is 1.53. The lowest BCUT2D eigenvalue weighted by atomic mass is 10.3. The zero-order valence-corrected chi connectivity index (χ0v) is 4.22. The molecule has 0 bridgehead atoms. The lowest BCUT2D eigenvalue weighted by Crippen LogP contribution is -1.79. The number of nitrogens with two attached hydrogens (primary N) is 1. The van der Waals surface area contributed by atoms with Gasteiger partial charge in [0.15, 0.2) is 0 Å². The van der Waals surface area contributed by atoms with Gasteiger partial charge in [0.2, 0.25) is 0 Å². The molecule has 0 radical (unpaired) electrons. The summed E-state index contributed by atoms with van der Waals surface area (Å²) in [7, 11) is 0. The van der Waals surface area contributed by atoms with Crippen molar-refractivity contribution in [1.82, 2.24) is 0 Å². The highest BCUT2D eigenvalue weighted by Gasteiger charge is 1.72. The van der Waals surface area contributed by atoms with Crippen LogP contribution in [0.3, 0.4) is 0 Å². The van der Waals surface area contributed by atoms with Crippen LogP contribution in [-0.2, 0) is 0 Å². The topological polar surface area (TPSA) is 26.0 Å². The van der Waals surface area contributed by atoms with Crippen LogP contribution in [0.1, 0.15) is 0 Å². The standard InChI is InChI=1S/C6H9N/c1-3-6(4-2)5-7/h3-5H,1-2,7H2. The minimum absolute atomic E-state index is 0.861. The molecule has 0 heterocycles. The Kier molecular flexibility index (Phi) is 2.77. The van der Waals surface area contributed by atoms with Gasteiger partial charge < -0.3 is 5.73 Å². The SMILES string of the molecule is C=CC(C=C)=CN. The minimum atomic E-state index is 0.861. The van der Waals surface area contributed by atoms with Crippen LogP contribution in [0, 0.1) is 0 Å². The Bertz CT molecular complexity index is 90.7. The fraction of sp³-hybridized carbons (Fsp3) is 0. The van der Waals surface area contributed by atoms with Crippen LogP contribution in [-0.4, -0.2) is 0 Å². The largest absolute Gasteiger partial charge is 0.404 e. The van der Waals surface area contributed by atoms with Crippen molar-refractivity contribution in [3.8, 4) is 0 Å². The molecule has 2 N–H and O–H groups in total. The Morgan fingerprint density at radius 3 is 1.71 bits per heavy atom. The van der Waals surface area contributed by atoms with Crippen LogP contribution < -0.4 is 5.73 Å². The highest BCUT2D eigenvalue weighted by Crippen LogP contribution is 1.90. The minimum Gasteiger partial charge on any atom is -0.404 e. The van der Waals surface area contributed by atoms with Crippen molar-refractivity contribution >= 4 is 0 Å². The summed E-state index contributed by atoms with van der Waals surface area (Å²) in [6.45, 7) is 6.97. The lowest BCUT2D eigenvalue weighted by Gasteiger charge is -1.82. The molecule has 0 unspecified atom stereocenters. The van der Waals surface area contributed by atoms with Gasteiger partial charge in [0.25, 0.3) is 0 Å². The first-order valence-electron chi connectivity index (χ1n) is 2.02. The molecule has 0 rings (SSSR count). The first kappa shape index (κ1) is 6.02. The predicted molar refractivity (Wildman–Crippen MR) is 32.7 cm³/mol. The average molecular weight is 95.1 g/mol. The molecule has 1 nitrogen and oxygen atoms in total. The van der Waals surface area contributed by atoms with E-state index in [1.807, 2.05) is 0 Å². The molecular formula is C6H9N. The Labute approximate surface area is 43.8 Å². The molecule has 7 heavy (non-hydrogen) atoms. The molecule has 38 valence electrons. The molecule has 0 spiro atoms. The van der Waals surface area contributed by atoms with E-state index in [4.69, 9.17) is 5.73 Å². The van der Waals surface area contributed by atoms with Gasteiger partial charge in [-0.3, -0.25) is 0 Å². The van der Waals surface area contributed by atoms with Crippen molar-refractivity contribution in [3.63, 3.8) is 0 Å². The zero-order valence-electron chi connectivity index (χ0n) is 4.22.